The van der Waals surface area contributed by atoms with Gasteiger partial charge in [-0.25, -0.2) is 16.4 Å². The summed E-state index contributed by atoms with van der Waals surface area (Å²) in [5.41, 5.74) is 2.08. The van der Waals surface area contributed by atoms with E-state index in [-0.39, 0.29) is 25.5 Å². The molecule has 32 heavy (non-hydrogen) atoms. The molecule has 3 rings (SSSR count). The molecule has 2 amide bonds. The largest absolute Gasteiger partial charge is 0.485 e. The molecule has 162 valence electrons. The smallest absolute Gasteiger partial charge is 0.320 e. The van der Waals surface area contributed by atoms with E-state index in [1.54, 1.807) is 0 Å². The summed E-state index contributed by atoms with van der Waals surface area (Å²) in [7, 11) is 0. The van der Waals surface area contributed by atoms with Gasteiger partial charge in [0.05, 0.1) is 12.7 Å². The zero-order valence-corrected chi connectivity index (χ0v) is 17.3. The highest BCUT2D eigenvalue weighted by molar-refractivity contribution is 5.98. The first-order valence-corrected chi connectivity index (χ1v) is 9.87. The quantitative estimate of drug-likeness (QED) is 0.379. The molecule has 0 aliphatic carbocycles. The third-order valence-electron chi connectivity index (χ3n) is 4.32. The lowest BCUT2D eigenvalue weighted by Gasteiger charge is -2.14. The summed E-state index contributed by atoms with van der Waals surface area (Å²) in [6.45, 7) is 6.84. The van der Waals surface area contributed by atoms with E-state index in [0.29, 0.717) is 18.1 Å². The lowest BCUT2D eigenvalue weighted by atomic mass is 10.2. The fourth-order valence-electron chi connectivity index (χ4n) is 2.69. The molecule has 0 aliphatic rings. The van der Waals surface area contributed by atoms with Gasteiger partial charge in [-0.3, -0.25) is 15.0 Å². The van der Waals surface area contributed by atoms with Gasteiger partial charge in [0.15, 0.2) is 17.3 Å². The maximum Gasteiger partial charge on any atom is 0.320 e. The number of ketones is 1. The van der Waals surface area contributed by atoms with Crippen LogP contribution in [0.25, 0.3) is 4.85 Å². The van der Waals surface area contributed by atoms with Crippen LogP contribution in [-0.2, 0) is 13.2 Å². The van der Waals surface area contributed by atoms with Crippen LogP contribution < -0.4 is 20.1 Å². The average molecular weight is 430 g/mol. The topological polar surface area (TPSA) is 93.9 Å². The lowest BCUT2D eigenvalue weighted by molar-refractivity contribution is 0.0987. The molecular weight excluding hydrogens is 408 g/mol. The van der Waals surface area contributed by atoms with E-state index in [4.69, 9.17) is 16.0 Å². The van der Waals surface area contributed by atoms with Gasteiger partial charge in [0.25, 0.3) is 6.67 Å². The molecule has 2 N–H and O–H groups in total. The maximum atomic E-state index is 12.5. The predicted molar refractivity (Wildman–Crippen MR) is 118 cm³/mol. The van der Waals surface area contributed by atoms with E-state index < -0.39 is 11.8 Å². The number of hydrogen-bond acceptors (Lipinski definition) is 5. The van der Waals surface area contributed by atoms with Crippen molar-refractivity contribution >= 4 is 11.8 Å². The highest BCUT2D eigenvalue weighted by atomic mass is 16.5. The minimum absolute atomic E-state index is 0.130. The average Bonchev–Trinajstić information content (AvgIpc) is 2.85. The zero-order valence-electron chi connectivity index (χ0n) is 17.3. The minimum Gasteiger partial charge on any atom is -0.485 e. The first kappa shape index (κ1) is 22.3. The van der Waals surface area contributed by atoms with Gasteiger partial charge in [-0.1, -0.05) is 60.7 Å². The fraction of sp³-hybridized carbons (Fsp3) is 0.167. The van der Waals surface area contributed by atoms with Gasteiger partial charge < -0.3 is 14.8 Å². The van der Waals surface area contributed by atoms with Crippen molar-refractivity contribution < 1.29 is 19.1 Å². The van der Waals surface area contributed by atoms with E-state index in [1.165, 1.54) is 12.3 Å². The number of pyridine rings is 1. The third kappa shape index (κ3) is 6.85. The molecule has 0 saturated heterocycles. The zero-order chi connectivity index (χ0) is 22.6. The normalized spacial score (nSPS) is 9.97. The van der Waals surface area contributed by atoms with Crippen molar-refractivity contribution in [3.05, 3.63) is 101 Å². The number of nitrogens with one attached hydrogen (secondary N) is 2. The number of Topliss-reactive ketones (excluding diaryl/α,β-unsaturated/α-hetero) is 1. The van der Waals surface area contributed by atoms with E-state index in [2.05, 4.69) is 20.5 Å². The van der Waals surface area contributed by atoms with E-state index in [9.17, 15) is 9.59 Å². The van der Waals surface area contributed by atoms with Crippen molar-refractivity contribution in [3.8, 4) is 11.5 Å². The Labute approximate surface area is 186 Å². The Balaban J connectivity index is 1.71. The Morgan fingerprint density at radius 1 is 0.875 bits per heavy atom. The van der Waals surface area contributed by atoms with E-state index >= 15 is 0 Å². The Morgan fingerprint density at radius 2 is 1.47 bits per heavy atom. The summed E-state index contributed by atoms with van der Waals surface area (Å²) in [6, 6.07) is 20.2. The molecule has 0 saturated carbocycles. The SMILES string of the molecule is [C-]#[N+]CNC(=O)NCC(=O)c1cc(OCc2ccccc2)c(OCc2ccccc2)cn1. The second-order valence-electron chi connectivity index (χ2n) is 6.66. The number of carbonyl (C=O) groups is 2. The molecule has 3 aromatic rings. The van der Waals surface area contributed by atoms with Crippen LogP contribution in [0.15, 0.2) is 72.9 Å². The molecule has 0 spiro atoms. The van der Waals surface area contributed by atoms with Gasteiger partial charge in [0.2, 0.25) is 0 Å². The number of benzene rings is 2. The summed E-state index contributed by atoms with van der Waals surface area (Å²) < 4.78 is 11.8. The van der Waals surface area contributed by atoms with Gasteiger partial charge in [0, 0.05) is 6.07 Å². The monoisotopic (exact) mass is 430 g/mol. The minimum atomic E-state index is -0.599. The first-order valence-electron chi connectivity index (χ1n) is 9.87. The highest BCUT2D eigenvalue weighted by Gasteiger charge is 2.15. The fourth-order valence-corrected chi connectivity index (χ4v) is 2.69. The number of urea groups is 1. The van der Waals surface area contributed by atoms with Gasteiger partial charge in [-0.2, -0.15) is 0 Å². The van der Waals surface area contributed by atoms with Crippen molar-refractivity contribution in [2.24, 2.45) is 0 Å². The molecule has 8 nitrogen and oxygen atoms in total. The van der Waals surface area contributed by atoms with Gasteiger partial charge in [0.1, 0.15) is 18.9 Å². The van der Waals surface area contributed by atoms with Gasteiger partial charge >= 0.3 is 6.03 Å². The molecular formula is C24H22N4O4. The number of aromatic nitrogens is 1. The number of amides is 2. The lowest BCUT2D eigenvalue weighted by Crippen LogP contribution is -2.38. The number of ether oxygens (including phenoxy) is 2. The molecule has 2 aromatic carbocycles. The second-order valence-corrected chi connectivity index (χ2v) is 6.66. The number of nitrogens with zero attached hydrogens (tertiary/aromatic N) is 2. The van der Waals surface area contributed by atoms with Crippen LogP contribution in [0.3, 0.4) is 0 Å². The molecule has 0 radical (unpaired) electrons. The summed E-state index contributed by atoms with van der Waals surface area (Å²) in [6.07, 6.45) is 1.44. The van der Waals surface area contributed by atoms with Crippen molar-refractivity contribution in [1.29, 1.82) is 0 Å². The van der Waals surface area contributed by atoms with Crippen LogP contribution in [0.5, 0.6) is 11.5 Å². The van der Waals surface area contributed by atoms with Gasteiger partial charge in [-0.05, 0) is 11.1 Å². The molecule has 0 atom stereocenters. The number of hydrogen-bond donors (Lipinski definition) is 2. The first-order chi connectivity index (χ1) is 15.7. The maximum absolute atomic E-state index is 12.5. The highest BCUT2D eigenvalue weighted by Crippen LogP contribution is 2.29. The van der Waals surface area contributed by atoms with Crippen LogP contribution in [0.1, 0.15) is 21.6 Å². The standard InChI is InChI=1S/C24H22N4O4/c1-25-17-28-24(30)27-13-21(29)20-12-22(31-15-18-8-4-2-5-9-18)23(14-26-20)32-16-19-10-6-3-7-11-19/h2-12,14H,13,15-17H2,(H2,27,28,30). The Bertz CT molecular complexity index is 1080. The van der Waals surface area contributed by atoms with Crippen LogP contribution in [0.4, 0.5) is 4.79 Å². The Hall–Kier alpha value is -4.38. The predicted octanol–water partition coefficient (Wildman–Crippen LogP) is 3.60. The molecule has 0 unspecified atom stereocenters. The van der Waals surface area contributed by atoms with Crippen molar-refractivity contribution in [3.63, 3.8) is 0 Å². The van der Waals surface area contributed by atoms with Crippen LogP contribution in [0.2, 0.25) is 0 Å². The summed E-state index contributed by atoms with van der Waals surface area (Å²) in [4.78, 5) is 31.2. The van der Waals surface area contributed by atoms with Crippen molar-refractivity contribution in [2.75, 3.05) is 13.2 Å². The molecule has 0 bridgehead atoms. The molecule has 0 aliphatic heterocycles. The number of carbonyl (C=O) groups excluding carboxylic acids is 2. The molecule has 0 fully saturated rings. The van der Waals surface area contributed by atoms with Crippen LogP contribution >= 0.6 is 0 Å². The third-order valence-corrected chi connectivity index (χ3v) is 4.32. The molecule has 1 heterocycles. The Morgan fingerprint density at radius 3 is 2.06 bits per heavy atom. The Kier molecular flexibility index (Phi) is 8.17. The molecule has 1 aromatic heterocycles. The molecule has 8 heteroatoms. The van der Waals surface area contributed by atoms with E-state index in [0.717, 1.165) is 11.1 Å². The van der Waals surface area contributed by atoms with Crippen LogP contribution in [0, 0.1) is 6.57 Å². The van der Waals surface area contributed by atoms with E-state index in [1.807, 2.05) is 60.7 Å². The second kappa shape index (κ2) is 11.7. The van der Waals surface area contributed by atoms with Gasteiger partial charge in [-0.15, -0.1) is 0 Å². The summed E-state index contributed by atoms with van der Waals surface area (Å²) in [5.74, 6) is 0.381. The van der Waals surface area contributed by atoms with Crippen LogP contribution in [-0.4, -0.2) is 30.0 Å². The van der Waals surface area contributed by atoms with Crippen molar-refractivity contribution in [2.45, 2.75) is 13.2 Å². The van der Waals surface area contributed by atoms with Crippen molar-refractivity contribution in [1.82, 2.24) is 15.6 Å². The number of rotatable bonds is 10. The summed E-state index contributed by atoms with van der Waals surface area (Å²) >= 11 is 0. The summed E-state index contributed by atoms with van der Waals surface area (Å²) in [5, 5.41) is 4.71.